The molecule has 0 aliphatic carbocycles. The maximum Gasteiger partial charge on any atom is 0.221 e. The third-order valence-corrected chi connectivity index (χ3v) is 2.91. The number of carbonyl (C=O) groups is 1. The zero-order valence-corrected chi connectivity index (χ0v) is 7.38. The number of nitrogens with one attached hydrogen (secondary N) is 1. The second-order valence-corrected chi connectivity index (χ2v) is 3.74. The molecule has 2 rings (SSSR count). The minimum atomic E-state index is 0.226. The van der Waals surface area contributed by atoms with Crippen LogP contribution < -0.4 is 5.32 Å². The Morgan fingerprint density at radius 2 is 2.25 bits per heavy atom. The van der Waals surface area contributed by atoms with Crippen LogP contribution in [-0.4, -0.2) is 36.5 Å². The molecule has 2 saturated heterocycles. The molecule has 1 atom stereocenters. The van der Waals surface area contributed by atoms with E-state index >= 15 is 0 Å². The van der Waals surface area contributed by atoms with Gasteiger partial charge in [0.15, 0.2) is 0 Å². The molecule has 3 nitrogen and oxygen atoms in total. The van der Waals surface area contributed by atoms with E-state index in [9.17, 15) is 4.79 Å². The van der Waals surface area contributed by atoms with Gasteiger partial charge in [-0.2, -0.15) is 0 Å². The summed E-state index contributed by atoms with van der Waals surface area (Å²) in [6, 6.07) is 0.630. The van der Waals surface area contributed by atoms with Crippen molar-refractivity contribution in [2.24, 2.45) is 0 Å². The highest BCUT2D eigenvalue weighted by Gasteiger charge is 2.25. The fourth-order valence-corrected chi connectivity index (χ4v) is 2.15. The maximum absolute atomic E-state index is 11.1. The number of fused-ring (bicyclic) bond motifs is 1. The van der Waals surface area contributed by atoms with Gasteiger partial charge in [-0.05, 0) is 19.4 Å². The standard InChI is InChI=1S/C9H16N2O/c12-9-4-6-11-5-2-1-3-8(11)7-10-9/h8H,1-7H2,(H,10,12)/t8-/m1/s1. The summed E-state index contributed by atoms with van der Waals surface area (Å²) in [7, 11) is 0. The molecule has 2 heterocycles. The van der Waals surface area contributed by atoms with E-state index < -0.39 is 0 Å². The van der Waals surface area contributed by atoms with Crippen LogP contribution in [0.3, 0.4) is 0 Å². The number of nitrogens with zero attached hydrogens (tertiary/aromatic N) is 1. The molecule has 3 heteroatoms. The van der Waals surface area contributed by atoms with E-state index in [1.807, 2.05) is 0 Å². The number of hydrogen-bond donors (Lipinski definition) is 1. The lowest BCUT2D eigenvalue weighted by Crippen LogP contribution is -2.43. The molecule has 12 heavy (non-hydrogen) atoms. The molecule has 0 radical (unpaired) electrons. The van der Waals surface area contributed by atoms with Crippen LogP contribution in [0.4, 0.5) is 0 Å². The zero-order valence-electron chi connectivity index (χ0n) is 7.38. The third-order valence-electron chi connectivity index (χ3n) is 2.91. The first-order valence-corrected chi connectivity index (χ1v) is 4.87. The van der Waals surface area contributed by atoms with Crippen molar-refractivity contribution in [2.45, 2.75) is 31.7 Å². The Balaban J connectivity index is 1.98. The van der Waals surface area contributed by atoms with E-state index in [1.54, 1.807) is 0 Å². The molecular weight excluding hydrogens is 152 g/mol. The van der Waals surface area contributed by atoms with E-state index in [-0.39, 0.29) is 5.91 Å². The average molecular weight is 168 g/mol. The smallest absolute Gasteiger partial charge is 0.221 e. The second-order valence-electron chi connectivity index (χ2n) is 3.74. The zero-order chi connectivity index (χ0) is 8.39. The molecule has 2 aliphatic rings. The van der Waals surface area contributed by atoms with E-state index in [1.165, 1.54) is 25.8 Å². The van der Waals surface area contributed by atoms with Crippen molar-refractivity contribution in [3.05, 3.63) is 0 Å². The van der Waals surface area contributed by atoms with Crippen molar-refractivity contribution >= 4 is 5.91 Å². The van der Waals surface area contributed by atoms with Gasteiger partial charge in [-0.3, -0.25) is 9.69 Å². The fourth-order valence-electron chi connectivity index (χ4n) is 2.15. The molecule has 0 aromatic heterocycles. The normalized spacial score (nSPS) is 32.0. The first kappa shape index (κ1) is 8.05. The van der Waals surface area contributed by atoms with Gasteiger partial charge in [-0.25, -0.2) is 0 Å². The molecule has 1 amide bonds. The number of carbonyl (C=O) groups excluding carboxylic acids is 1. The van der Waals surface area contributed by atoms with Gasteiger partial charge in [0.1, 0.15) is 0 Å². The molecule has 1 N–H and O–H groups in total. The summed E-state index contributed by atoms with van der Waals surface area (Å²) in [5.74, 6) is 0.226. The molecule has 0 saturated carbocycles. The van der Waals surface area contributed by atoms with Crippen LogP contribution in [-0.2, 0) is 4.79 Å². The molecule has 2 fully saturated rings. The molecule has 0 spiro atoms. The van der Waals surface area contributed by atoms with Gasteiger partial charge in [-0.15, -0.1) is 0 Å². The number of rotatable bonds is 0. The monoisotopic (exact) mass is 168 g/mol. The summed E-state index contributed by atoms with van der Waals surface area (Å²) in [4.78, 5) is 13.5. The summed E-state index contributed by atoms with van der Waals surface area (Å²) in [6.45, 7) is 3.04. The summed E-state index contributed by atoms with van der Waals surface area (Å²) in [6.07, 6.45) is 4.60. The van der Waals surface area contributed by atoms with Crippen LogP contribution in [0.15, 0.2) is 0 Å². The number of piperidine rings is 1. The molecule has 2 aliphatic heterocycles. The van der Waals surface area contributed by atoms with Crippen molar-refractivity contribution in [1.82, 2.24) is 10.2 Å². The van der Waals surface area contributed by atoms with Gasteiger partial charge in [0.2, 0.25) is 5.91 Å². The second kappa shape index (κ2) is 3.44. The Morgan fingerprint density at radius 3 is 3.17 bits per heavy atom. The Morgan fingerprint density at radius 1 is 1.33 bits per heavy atom. The van der Waals surface area contributed by atoms with Crippen LogP contribution >= 0.6 is 0 Å². The van der Waals surface area contributed by atoms with E-state index in [0.29, 0.717) is 12.5 Å². The number of amides is 1. The van der Waals surface area contributed by atoms with E-state index in [0.717, 1.165) is 13.1 Å². The largest absolute Gasteiger partial charge is 0.354 e. The average Bonchev–Trinajstić information content (AvgIpc) is 2.29. The minimum Gasteiger partial charge on any atom is -0.354 e. The first-order chi connectivity index (χ1) is 5.86. The summed E-state index contributed by atoms with van der Waals surface area (Å²) in [5, 5.41) is 2.96. The van der Waals surface area contributed by atoms with Crippen LogP contribution in [0.1, 0.15) is 25.7 Å². The van der Waals surface area contributed by atoms with E-state index in [2.05, 4.69) is 10.2 Å². The lowest BCUT2D eigenvalue weighted by atomic mass is 10.0. The van der Waals surface area contributed by atoms with Crippen molar-refractivity contribution < 1.29 is 4.79 Å². The van der Waals surface area contributed by atoms with Crippen LogP contribution in [0.5, 0.6) is 0 Å². The van der Waals surface area contributed by atoms with Crippen molar-refractivity contribution in [1.29, 1.82) is 0 Å². The van der Waals surface area contributed by atoms with Gasteiger partial charge < -0.3 is 5.32 Å². The van der Waals surface area contributed by atoms with Crippen molar-refractivity contribution in [3.8, 4) is 0 Å². The lowest BCUT2D eigenvalue weighted by molar-refractivity contribution is -0.120. The van der Waals surface area contributed by atoms with Crippen LogP contribution in [0, 0.1) is 0 Å². The van der Waals surface area contributed by atoms with Crippen LogP contribution in [0.2, 0.25) is 0 Å². The first-order valence-electron chi connectivity index (χ1n) is 4.87. The predicted octanol–water partition coefficient (Wildman–Crippen LogP) is 0.361. The summed E-state index contributed by atoms with van der Waals surface area (Å²) < 4.78 is 0. The Kier molecular flexibility index (Phi) is 2.30. The molecule has 0 bridgehead atoms. The Hall–Kier alpha value is -0.570. The molecular formula is C9H16N2O. The lowest BCUT2D eigenvalue weighted by Gasteiger charge is -2.33. The van der Waals surface area contributed by atoms with Gasteiger partial charge in [-0.1, -0.05) is 6.42 Å². The maximum atomic E-state index is 11.1. The van der Waals surface area contributed by atoms with Crippen molar-refractivity contribution in [3.63, 3.8) is 0 Å². The van der Waals surface area contributed by atoms with Gasteiger partial charge in [0.25, 0.3) is 0 Å². The summed E-state index contributed by atoms with van der Waals surface area (Å²) >= 11 is 0. The Bertz CT molecular complexity index is 163. The molecule has 0 aromatic rings. The SMILES string of the molecule is O=C1CCN2CCCC[C@@H]2CN1. The van der Waals surface area contributed by atoms with Crippen molar-refractivity contribution in [2.75, 3.05) is 19.6 Å². The predicted molar refractivity (Wildman–Crippen MR) is 46.8 cm³/mol. The third kappa shape index (κ3) is 1.61. The summed E-state index contributed by atoms with van der Waals surface area (Å²) in [5.41, 5.74) is 0. The Labute approximate surface area is 73.1 Å². The van der Waals surface area contributed by atoms with Gasteiger partial charge in [0, 0.05) is 25.6 Å². The molecule has 0 unspecified atom stereocenters. The highest BCUT2D eigenvalue weighted by molar-refractivity contribution is 5.76. The highest BCUT2D eigenvalue weighted by atomic mass is 16.1. The van der Waals surface area contributed by atoms with Crippen LogP contribution in [0.25, 0.3) is 0 Å². The van der Waals surface area contributed by atoms with Gasteiger partial charge >= 0.3 is 0 Å². The quantitative estimate of drug-likeness (QED) is 0.566. The van der Waals surface area contributed by atoms with Gasteiger partial charge in [0.05, 0.1) is 0 Å². The topological polar surface area (TPSA) is 32.3 Å². The number of hydrogen-bond acceptors (Lipinski definition) is 2. The van der Waals surface area contributed by atoms with E-state index in [4.69, 9.17) is 0 Å². The minimum absolute atomic E-state index is 0.226. The molecule has 68 valence electrons. The molecule has 0 aromatic carbocycles. The fraction of sp³-hybridized carbons (Fsp3) is 0.889. The highest BCUT2D eigenvalue weighted by Crippen LogP contribution is 2.17.